The average molecular weight is 366 g/mol. The molecule has 0 saturated carbocycles. The van der Waals surface area contributed by atoms with E-state index in [1.54, 1.807) is 7.11 Å². The van der Waals surface area contributed by atoms with Crippen LogP contribution in [0.2, 0.25) is 0 Å². The molecule has 0 N–H and O–H groups in total. The summed E-state index contributed by atoms with van der Waals surface area (Å²) in [6, 6.07) is 14.5. The molecule has 5 heteroatoms. The van der Waals surface area contributed by atoms with Gasteiger partial charge in [-0.3, -0.25) is 4.79 Å². The van der Waals surface area contributed by atoms with Gasteiger partial charge in [-0.2, -0.15) is 0 Å². The van der Waals surface area contributed by atoms with Crippen LogP contribution < -0.4 is 14.5 Å². The van der Waals surface area contributed by atoms with Crippen molar-refractivity contribution in [1.82, 2.24) is 0 Å². The molecule has 0 radical (unpaired) electrons. The molecule has 0 spiro atoms. The number of morpholine rings is 1. The van der Waals surface area contributed by atoms with Crippen molar-refractivity contribution in [1.29, 1.82) is 0 Å². The average Bonchev–Trinajstić information content (AvgIpc) is 3.16. The van der Waals surface area contributed by atoms with Crippen molar-refractivity contribution in [3.8, 4) is 5.75 Å². The van der Waals surface area contributed by atoms with Crippen molar-refractivity contribution in [2.75, 3.05) is 49.8 Å². The molecule has 5 nitrogen and oxygen atoms in total. The van der Waals surface area contributed by atoms with Crippen molar-refractivity contribution in [2.45, 2.75) is 19.3 Å². The Labute approximate surface area is 160 Å². The normalized spacial score (nSPS) is 16.3. The highest BCUT2D eigenvalue weighted by Gasteiger charge is 2.25. The lowest BCUT2D eigenvalue weighted by molar-refractivity contribution is -0.118. The zero-order valence-corrected chi connectivity index (χ0v) is 15.8. The summed E-state index contributed by atoms with van der Waals surface area (Å²) in [5.74, 6) is 1.04. The van der Waals surface area contributed by atoms with Gasteiger partial charge in [0.2, 0.25) is 5.91 Å². The lowest BCUT2D eigenvalue weighted by Crippen LogP contribution is -2.36. The van der Waals surface area contributed by atoms with Crippen molar-refractivity contribution in [3.05, 3.63) is 53.6 Å². The molecule has 0 bridgehead atoms. The number of anilines is 2. The minimum atomic E-state index is 0.198. The van der Waals surface area contributed by atoms with E-state index in [9.17, 15) is 4.79 Å². The van der Waals surface area contributed by atoms with Gasteiger partial charge in [-0.05, 0) is 48.2 Å². The van der Waals surface area contributed by atoms with Gasteiger partial charge in [0, 0.05) is 37.4 Å². The molecule has 1 fully saturated rings. The first-order valence-electron chi connectivity index (χ1n) is 9.63. The van der Waals surface area contributed by atoms with Crippen LogP contribution in [0, 0.1) is 0 Å². The van der Waals surface area contributed by atoms with Crippen molar-refractivity contribution < 1.29 is 14.3 Å². The molecule has 0 aromatic heterocycles. The van der Waals surface area contributed by atoms with Crippen LogP contribution in [0.1, 0.15) is 17.5 Å². The zero-order chi connectivity index (χ0) is 18.6. The summed E-state index contributed by atoms with van der Waals surface area (Å²) in [5, 5.41) is 0. The van der Waals surface area contributed by atoms with E-state index >= 15 is 0 Å². The second kappa shape index (κ2) is 8.01. The molecule has 0 atom stereocenters. The Morgan fingerprint density at radius 1 is 1.07 bits per heavy atom. The maximum atomic E-state index is 12.9. The minimum Gasteiger partial charge on any atom is -0.497 e. The molecule has 4 rings (SSSR count). The summed E-state index contributed by atoms with van der Waals surface area (Å²) in [6.07, 6.45) is 2.21. The van der Waals surface area contributed by atoms with Crippen molar-refractivity contribution >= 4 is 17.3 Å². The summed E-state index contributed by atoms with van der Waals surface area (Å²) in [5.41, 5.74) is 4.70. The fraction of sp³-hybridized carbons (Fsp3) is 0.409. The SMILES string of the molecule is COc1ccc(CCC(=O)N2CCc3ccc(N4CCOCC4)cc32)cc1. The maximum Gasteiger partial charge on any atom is 0.227 e. The van der Waals surface area contributed by atoms with E-state index in [0.29, 0.717) is 6.42 Å². The van der Waals surface area contributed by atoms with E-state index in [1.807, 2.05) is 29.2 Å². The third kappa shape index (κ3) is 3.93. The fourth-order valence-corrected chi connectivity index (χ4v) is 3.82. The number of rotatable bonds is 5. The Hall–Kier alpha value is -2.53. The molecule has 0 aliphatic carbocycles. The molecule has 2 aliphatic rings. The molecular weight excluding hydrogens is 340 g/mol. The van der Waals surface area contributed by atoms with Gasteiger partial charge in [0.05, 0.1) is 20.3 Å². The second-order valence-corrected chi connectivity index (χ2v) is 7.06. The molecule has 142 valence electrons. The van der Waals surface area contributed by atoms with E-state index in [2.05, 4.69) is 23.1 Å². The van der Waals surface area contributed by atoms with Crippen LogP contribution >= 0.6 is 0 Å². The predicted octanol–water partition coefficient (Wildman–Crippen LogP) is 3.05. The van der Waals surface area contributed by atoms with Gasteiger partial charge in [-0.25, -0.2) is 0 Å². The van der Waals surface area contributed by atoms with Crippen LogP contribution in [0.4, 0.5) is 11.4 Å². The van der Waals surface area contributed by atoms with Gasteiger partial charge < -0.3 is 19.3 Å². The van der Waals surface area contributed by atoms with Gasteiger partial charge in [-0.15, -0.1) is 0 Å². The van der Waals surface area contributed by atoms with Crippen molar-refractivity contribution in [3.63, 3.8) is 0 Å². The molecular formula is C22H26N2O3. The second-order valence-electron chi connectivity index (χ2n) is 7.06. The third-order valence-corrected chi connectivity index (χ3v) is 5.43. The Kier molecular flexibility index (Phi) is 5.30. The number of carbonyl (C=O) groups excluding carboxylic acids is 1. The molecule has 1 amide bonds. The highest BCUT2D eigenvalue weighted by molar-refractivity contribution is 5.96. The highest BCUT2D eigenvalue weighted by Crippen LogP contribution is 2.33. The van der Waals surface area contributed by atoms with Crippen LogP contribution in [0.25, 0.3) is 0 Å². The van der Waals surface area contributed by atoms with Gasteiger partial charge in [0.25, 0.3) is 0 Å². The predicted molar refractivity (Wildman–Crippen MR) is 107 cm³/mol. The number of carbonyl (C=O) groups is 1. The lowest BCUT2D eigenvalue weighted by atomic mass is 10.1. The van der Waals surface area contributed by atoms with E-state index in [1.165, 1.54) is 11.3 Å². The number of benzene rings is 2. The van der Waals surface area contributed by atoms with Crippen molar-refractivity contribution in [2.24, 2.45) is 0 Å². The first-order valence-corrected chi connectivity index (χ1v) is 9.63. The molecule has 2 aromatic carbocycles. The van der Waals surface area contributed by atoms with Gasteiger partial charge in [0.1, 0.15) is 5.75 Å². The minimum absolute atomic E-state index is 0.198. The van der Waals surface area contributed by atoms with E-state index < -0.39 is 0 Å². The summed E-state index contributed by atoms with van der Waals surface area (Å²) in [6.45, 7) is 4.13. The Morgan fingerprint density at radius 2 is 1.85 bits per heavy atom. The van der Waals surface area contributed by atoms with Crippen LogP contribution in [-0.2, 0) is 22.4 Å². The maximum absolute atomic E-state index is 12.9. The Bertz CT molecular complexity index is 798. The van der Waals surface area contributed by atoms with E-state index in [4.69, 9.17) is 9.47 Å². The lowest BCUT2D eigenvalue weighted by Gasteiger charge is -2.29. The third-order valence-electron chi connectivity index (χ3n) is 5.43. The van der Waals surface area contributed by atoms with Crippen LogP contribution in [0.5, 0.6) is 5.75 Å². The number of ether oxygens (including phenoxy) is 2. The molecule has 2 heterocycles. The Morgan fingerprint density at radius 3 is 2.59 bits per heavy atom. The number of nitrogens with zero attached hydrogens (tertiary/aromatic N) is 2. The topological polar surface area (TPSA) is 42.0 Å². The number of hydrogen-bond acceptors (Lipinski definition) is 4. The van der Waals surface area contributed by atoms with Gasteiger partial charge >= 0.3 is 0 Å². The quantitative estimate of drug-likeness (QED) is 0.816. The first-order chi connectivity index (χ1) is 13.2. The number of hydrogen-bond donors (Lipinski definition) is 0. The largest absolute Gasteiger partial charge is 0.497 e. The number of fused-ring (bicyclic) bond motifs is 1. The zero-order valence-electron chi connectivity index (χ0n) is 15.8. The van der Waals surface area contributed by atoms with Crippen LogP contribution in [0.3, 0.4) is 0 Å². The van der Waals surface area contributed by atoms with Gasteiger partial charge in [0.15, 0.2) is 0 Å². The summed E-state index contributed by atoms with van der Waals surface area (Å²) in [7, 11) is 1.66. The standard InChI is InChI=1S/C22H26N2O3/c1-26-20-7-2-17(3-8-20)4-9-22(25)24-11-10-18-5-6-19(16-21(18)24)23-12-14-27-15-13-23/h2-3,5-8,16H,4,9-15H2,1H3. The fourth-order valence-electron chi connectivity index (χ4n) is 3.82. The number of methoxy groups -OCH3 is 1. The Balaban J connectivity index is 1.43. The van der Waals surface area contributed by atoms with Crippen LogP contribution in [-0.4, -0.2) is 45.9 Å². The number of aryl methyl sites for hydroxylation is 1. The van der Waals surface area contributed by atoms with E-state index in [-0.39, 0.29) is 5.91 Å². The monoisotopic (exact) mass is 366 g/mol. The van der Waals surface area contributed by atoms with Gasteiger partial charge in [-0.1, -0.05) is 18.2 Å². The molecule has 27 heavy (non-hydrogen) atoms. The van der Waals surface area contributed by atoms with Crippen LogP contribution in [0.15, 0.2) is 42.5 Å². The van der Waals surface area contributed by atoms with E-state index in [0.717, 1.165) is 62.7 Å². The first kappa shape index (κ1) is 17.9. The summed E-state index contributed by atoms with van der Waals surface area (Å²) in [4.78, 5) is 17.2. The highest BCUT2D eigenvalue weighted by atomic mass is 16.5. The molecule has 2 aliphatic heterocycles. The molecule has 2 aromatic rings. The smallest absolute Gasteiger partial charge is 0.227 e. The molecule has 1 saturated heterocycles. The summed E-state index contributed by atoms with van der Waals surface area (Å²) >= 11 is 0. The number of amides is 1. The molecule has 0 unspecified atom stereocenters. The summed E-state index contributed by atoms with van der Waals surface area (Å²) < 4.78 is 10.6.